The van der Waals surface area contributed by atoms with Gasteiger partial charge in [-0.2, -0.15) is 0 Å². The molecule has 2 aromatic rings. The quantitative estimate of drug-likeness (QED) is 0.842. The zero-order valence-corrected chi connectivity index (χ0v) is 13.8. The van der Waals surface area contributed by atoms with Crippen LogP contribution < -0.4 is 5.32 Å². The van der Waals surface area contributed by atoms with E-state index in [4.69, 9.17) is 0 Å². The molecule has 110 valence electrons. The van der Waals surface area contributed by atoms with E-state index in [2.05, 4.69) is 54.8 Å². The Hall–Kier alpha value is -1.13. The van der Waals surface area contributed by atoms with Gasteiger partial charge in [-0.15, -0.1) is 11.3 Å². The molecule has 0 unspecified atom stereocenters. The second-order valence-corrected chi connectivity index (χ2v) is 6.89. The van der Waals surface area contributed by atoms with E-state index in [0.29, 0.717) is 6.04 Å². The van der Waals surface area contributed by atoms with E-state index < -0.39 is 0 Å². The summed E-state index contributed by atoms with van der Waals surface area (Å²) in [7, 11) is 0. The molecule has 0 saturated heterocycles. The fourth-order valence-corrected chi connectivity index (χ4v) is 3.26. The number of aryl methyl sites for hydroxylation is 2. The summed E-state index contributed by atoms with van der Waals surface area (Å²) in [5.74, 6) is 1.19. The summed E-state index contributed by atoms with van der Waals surface area (Å²) >= 11 is 1.90. The normalized spacial score (nSPS) is 11.4. The molecular weight excluding hydrogens is 266 g/mol. The lowest BCUT2D eigenvalue weighted by atomic mass is 10.2. The van der Waals surface area contributed by atoms with Crippen molar-refractivity contribution in [2.24, 2.45) is 0 Å². The Balaban J connectivity index is 2.07. The maximum Gasteiger partial charge on any atom is 0.108 e. The molecule has 0 aromatic carbocycles. The van der Waals surface area contributed by atoms with E-state index in [1.54, 1.807) is 0 Å². The largest absolute Gasteiger partial charge is 0.330 e. The number of thiophene rings is 1. The van der Waals surface area contributed by atoms with Crippen LogP contribution in [0.15, 0.2) is 18.5 Å². The number of hydrogen-bond acceptors (Lipinski definition) is 3. The zero-order chi connectivity index (χ0) is 14.5. The first-order valence-corrected chi connectivity index (χ1v) is 8.23. The molecule has 0 atom stereocenters. The Labute approximate surface area is 126 Å². The fraction of sp³-hybridized carbons (Fsp3) is 0.562. The predicted molar refractivity (Wildman–Crippen MR) is 86.4 cm³/mol. The molecule has 0 fully saturated rings. The van der Waals surface area contributed by atoms with Gasteiger partial charge in [0.25, 0.3) is 0 Å². The van der Waals surface area contributed by atoms with Crippen molar-refractivity contribution in [2.75, 3.05) is 0 Å². The minimum atomic E-state index is 0.533. The van der Waals surface area contributed by atoms with Gasteiger partial charge in [0.15, 0.2) is 0 Å². The highest BCUT2D eigenvalue weighted by Crippen LogP contribution is 2.23. The molecule has 3 nitrogen and oxygen atoms in total. The van der Waals surface area contributed by atoms with E-state index >= 15 is 0 Å². The molecule has 0 aliphatic rings. The molecule has 4 heteroatoms. The van der Waals surface area contributed by atoms with Gasteiger partial charge in [0.1, 0.15) is 5.82 Å². The highest BCUT2D eigenvalue weighted by Gasteiger charge is 2.09. The van der Waals surface area contributed by atoms with Crippen molar-refractivity contribution >= 4 is 11.3 Å². The van der Waals surface area contributed by atoms with Crippen LogP contribution in [0.3, 0.4) is 0 Å². The van der Waals surface area contributed by atoms with Gasteiger partial charge in [0.2, 0.25) is 0 Å². The molecule has 0 aliphatic carbocycles. The Bertz CT molecular complexity index is 540. The van der Waals surface area contributed by atoms with Crippen LogP contribution in [-0.4, -0.2) is 15.6 Å². The maximum absolute atomic E-state index is 4.45. The Morgan fingerprint density at radius 1 is 1.40 bits per heavy atom. The molecule has 0 radical (unpaired) electrons. The van der Waals surface area contributed by atoms with Crippen molar-refractivity contribution in [1.29, 1.82) is 0 Å². The van der Waals surface area contributed by atoms with E-state index in [1.807, 2.05) is 17.5 Å². The first-order chi connectivity index (χ1) is 9.60. The van der Waals surface area contributed by atoms with Gasteiger partial charge in [-0.3, -0.25) is 0 Å². The summed E-state index contributed by atoms with van der Waals surface area (Å²) in [6.07, 6.45) is 6.20. The molecule has 2 aromatic heterocycles. The highest BCUT2D eigenvalue weighted by molar-refractivity contribution is 7.12. The molecular formula is C16H25N3S. The molecule has 20 heavy (non-hydrogen) atoms. The molecule has 0 aliphatic heterocycles. The maximum atomic E-state index is 4.45. The van der Waals surface area contributed by atoms with Crippen LogP contribution in [0.1, 0.15) is 48.3 Å². The van der Waals surface area contributed by atoms with Crippen molar-refractivity contribution in [3.05, 3.63) is 39.6 Å². The standard InChI is InChI=1S/C16H25N3S/c1-5-6-16-17-7-8-19(16)11-14-9-15(20-13(14)4)10-18-12(2)3/h7-9,12,18H,5-6,10-11H2,1-4H3. The fourth-order valence-electron chi connectivity index (χ4n) is 2.26. The minimum Gasteiger partial charge on any atom is -0.330 e. The van der Waals surface area contributed by atoms with Crippen LogP contribution in [0, 0.1) is 6.92 Å². The van der Waals surface area contributed by atoms with E-state index in [0.717, 1.165) is 25.9 Å². The molecule has 2 rings (SSSR count). The molecule has 0 bridgehead atoms. The van der Waals surface area contributed by atoms with Crippen molar-refractivity contribution in [3.8, 4) is 0 Å². The summed E-state index contributed by atoms with van der Waals surface area (Å²) in [5.41, 5.74) is 1.42. The Morgan fingerprint density at radius 3 is 2.90 bits per heavy atom. The number of rotatable bonds is 7. The topological polar surface area (TPSA) is 29.9 Å². The van der Waals surface area contributed by atoms with Crippen LogP contribution >= 0.6 is 11.3 Å². The van der Waals surface area contributed by atoms with Crippen molar-refractivity contribution < 1.29 is 0 Å². The van der Waals surface area contributed by atoms with Gasteiger partial charge in [-0.05, 0) is 25.0 Å². The Morgan fingerprint density at radius 2 is 2.20 bits per heavy atom. The highest BCUT2D eigenvalue weighted by atomic mass is 32.1. The first kappa shape index (κ1) is 15.3. The van der Waals surface area contributed by atoms with E-state index in [1.165, 1.54) is 21.1 Å². The lowest BCUT2D eigenvalue weighted by Crippen LogP contribution is -2.21. The monoisotopic (exact) mass is 291 g/mol. The lowest BCUT2D eigenvalue weighted by Gasteiger charge is -2.07. The van der Waals surface area contributed by atoms with Gasteiger partial charge in [-0.1, -0.05) is 20.8 Å². The number of nitrogens with one attached hydrogen (secondary N) is 1. The minimum absolute atomic E-state index is 0.533. The van der Waals surface area contributed by atoms with Crippen LogP contribution in [0.4, 0.5) is 0 Å². The lowest BCUT2D eigenvalue weighted by molar-refractivity contribution is 0.593. The third kappa shape index (κ3) is 3.93. The summed E-state index contributed by atoms with van der Waals surface area (Å²) in [4.78, 5) is 7.29. The average Bonchev–Trinajstić information content (AvgIpc) is 2.96. The molecule has 0 amide bonds. The summed E-state index contributed by atoms with van der Waals surface area (Å²) < 4.78 is 2.28. The van der Waals surface area contributed by atoms with Crippen molar-refractivity contribution in [3.63, 3.8) is 0 Å². The van der Waals surface area contributed by atoms with Crippen molar-refractivity contribution in [2.45, 2.75) is 59.7 Å². The molecule has 2 heterocycles. The third-order valence-electron chi connectivity index (χ3n) is 3.37. The molecule has 0 spiro atoms. The second-order valence-electron chi connectivity index (χ2n) is 5.55. The van der Waals surface area contributed by atoms with Gasteiger partial charge < -0.3 is 9.88 Å². The van der Waals surface area contributed by atoms with Gasteiger partial charge in [0, 0.05) is 47.7 Å². The summed E-state index contributed by atoms with van der Waals surface area (Å²) in [5, 5.41) is 3.48. The SMILES string of the molecule is CCCc1nccn1Cc1cc(CNC(C)C)sc1C. The molecule has 0 saturated carbocycles. The zero-order valence-electron chi connectivity index (χ0n) is 12.9. The smallest absolute Gasteiger partial charge is 0.108 e. The number of imidazole rings is 1. The number of aromatic nitrogens is 2. The van der Waals surface area contributed by atoms with Gasteiger partial charge in [-0.25, -0.2) is 4.98 Å². The average molecular weight is 291 g/mol. The van der Waals surface area contributed by atoms with Crippen LogP contribution in [-0.2, 0) is 19.5 Å². The van der Waals surface area contributed by atoms with Gasteiger partial charge in [0.05, 0.1) is 0 Å². The van der Waals surface area contributed by atoms with Crippen LogP contribution in [0.25, 0.3) is 0 Å². The van der Waals surface area contributed by atoms with E-state index in [9.17, 15) is 0 Å². The summed E-state index contributed by atoms with van der Waals surface area (Å²) in [6, 6.07) is 2.87. The second kappa shape index (κ2) is 7.04. The summed E-state index contributed by atoms with van der Waals surface area (Å²) in [6.45, 7) is 10.7. The van der Waals surface area contributed by atoms with Crippen LogP contribution in [0.2, 0.25) is 0 Å². The predicted octanol–water partition coefficient (Wildman–Crippen LogP) is 3.75. The number of nitrogens with zero attached hydrogens (tertiary/aromatic N) is 2. The third-order valence-corrected chi connectivity index (χ3v) is 4.46. The van der Waals surface area contributed by atoms with Crippen LogP contribution in [0.5, 0.6) is 0 Å². The van der Waals surface area contributed by atoms with Gasteiger partial charge >= 0.3 is 0 Å². The Kier molecular flexibility index (Phi) is 5.38. The van der Waals surface area contributed by atoms with E-state index in [-0.39, 0.29) is 0 Å². The molecule has 1 N–H and O–H groups in total. The van der Waals surface area contributed by atoms with Crippen molar-refractivity contribution in [1.82, 2.24) is 14.9 Å². The number of hydrogen-bond donors (Lipinski definition) is 1. The first-order valence-electron chi connectivity index (χ1n) is 7.41.